The van der Waals surface area contributed by atoms with Crippen LogP contribution in [0.2, 0.25) is 0 Å². The second-order valence-corrected chi connectivity index (χ2v) is 5.80. The molecule has 1 amide bonds. The molecule has 0 saturated carbocycles. The first-order chi connectivity index (χ1) is 13.6. The molecule has 0 spiro atoms. The zero-order valence-electron chi connectivity index (χ0n) is 16.6. The van der Waals surface area contributed by atoms with Gasteiger partial charge in [0.2, 0.25) is 5.75 Å². The van der Waals surface area contributed by atoms with Gasteiger partial charge in [0.05, 0.1) is 19.8 Å². The van der Waals surface area contributed by atoms with E-state index in [4.69, 9.17) is 14.2 Å². The van der Waals surface area contributed by atoms with Gasteiger partial charge < -0.3 is 19.5 Å². The summed E-state index contributed by atoms with van der Waals surface area (Å²) in [6, 6.07) is 6.35. The third kappa shape index (κ3) is 5.73. The van der Waals surface area contributed by atoms with E-state index in [0.29, 0.717) is 62.1 Å². The average molecular weight is 389 g/mol. The lowest BCUT2D eigenvalue weighted by Gasteiger charge is -2.17. The van der Waals surface area contributed by atoms with Crippen molar-refractivity contribution in [2.24, 2.45) is 0 Å². The van der Waals surface area contributed by atoms with Gasteiger partial charge in [-0.3, -0.25) is 9.59 Å². The maximum absolute atomic E-state index is 12.6. The molecule has 8 heteroatoms. The van der Waals surface area contributed by atoms with Crippen LogP contribution >= 0.6 is 0 Å². The molecule has 0 atom stereocenters. The van der Waals surface area contributed by atoms with Gasteiger partial charge in [-0.05, 0) is 45.4 Å². The molecule has 0 aliphatic carbocycles. The number of nitrogens with zero attached hydrogens (tertiary/aromatic N) is 2. The van der Waals surface area contributed by atoms with Crippen molar-refractivity contribution >= 4 is 5.91 Å². The molecule has 0 aliphatic heterocycles. The van der Waals surface area contributed by atoms with Crippen molar-refractivity contribution in [1.82, 2.24) is 15.1 Å². The summed E-state index contributed by atoms with van der Waals surface area (Å²) in [5, 5.41) is 6.83. The molecule has 1 N–H and O–H groups in total. The Morgan fingerprint density at radius 2 is 1.71 bits per heavy atom. The van der Waals surface area contributed by atoms with E-state index in [1.807, 2.05) is 20.8 Å². The predicted molar refractivity (Wildman–Crippen MR) is 105 cm³/mol. The van der Waals surface area contributed by atoms with Crippen LogP contribution in [0.4, 0.5) is 0 Å². The van der Waals surface area contributed by atoms with Gasteiger partial charge in [0, 0.05) is 30.9 Å². The van der Waals surface area contributed by atoms with Crippen LogP contribution in [-0.2, 0) is 6.54 Å². The topological polar surface area (TPSA) is 91.7 Å². The normalized spacial score (nSPS) is 10.4. The summed E-state index contributed by atoms with van der Waals surface area (Å²) < 4.78 is 18.3. The molecule has 0 saturated heterocycles. The summed E-state index contributed by atoms with van der Waals surface area (Å²) in [5.41, 5.74) is 0.258. The van der Waals surface area contributed by atoms with Gasteiger partial charge in [-0.1, -0.05) is 0 Å². The van der Waals surface area contributed by atoms with Crippen LogP contribution in [-0.4, -0.2) is 42.1 Å². The Morgan fingerprint density at radius 1 is 1.07 bits per heavy atom. The van der Waals surface area contributed by atoms with Crippen molar-refractivity contribution in [1.29, 1.82) is 0 Å². The third-order valence-corrected chi connectivity index (χ3v) is 3.79. The van der Waals surface area contributed by atoms with E-state index in [9.17, 15) is 9.59 Å². The lowest BCUT2D eigenvalue weighted by Crippen LogP contribution is -2.27. The number of benzene rings is 1. The van der Waals surface area contributed by atoms with Crippen molar-refractivity contribution in [3.63, 3.8) is 0 Å². The summed E-state index contributed by atoms with van der Waals surface area (Å²) in [4.78, 5) is 24.2. The number of aromatic nitrogens is 2. The summed E-state index contributed by atoms with van der Waals surface area (Å²) in [6.45, 7) is 7.77. The minimum atomic E-state index is -0.252. The number of rotatable bonds is 11. The van der Waals surface area contributed by atoms with Gasteiger partial charge in [-0.15, -0.1) is 0 Å². The standard InChI is InChI=1S/C20H27N3O5/c1-4-26-16-13-15(14-17(27-5-2)19(16)28-6-3)20(25)21-10-8-12-23-18(24)9-7-11-22-23/h7,9,11,13-14H,4-6,8,10,12H2,1-3H3,(H,21,25). The number of carbonyl (C=O) groups is 1. The molecular weight excluding hydrogens is 362 g/mol. The summed E-state index contributed by atoms with van der Waals surface area (Å²) in [5.74, 6) is 1.19. The van der Waals surface area contributed by atoms with Gasteiger partial charge in [0.1, 0.15) is 0 Å². The number of ether oxygens (including phenoxy) is 3. The molecule has 2 aromatic rings. The number of amides is 1. The summed E-state index contributed by atoms with van der Waals surface area (Å²) >= 11 is 0. The van der Waals surface area contributed by atoms with E-state index in [2.05, 4.69) is 10.4 Å². The largest absolute Gasteiger partial charge is 0.490 e. The molecule has 152 valence electrons. The average Bonchev–Trinajstić information content (AvgIpc) is 2.69. The van der Waals surface area contributed by atoms with Gasteiger partial charge in [0.25, 0.3) is 11.5 Å². The Balaban J connectivity index is 2.06. The highest BCUT2D eigenvalue weighted by Crippen LogP contribution is 2.39. The van der Waals surface area contributed by atoms with Gasteiger partial charge in [0.15, 0.2) is 11.5 Å². The van der Waals surface area contributed by atoms with Crippen LogP contribution in [0.5, 0.6) is 17.2 Å². The molecule has 0 bridgehead atoms. The zero-order valence-corrected chi connectivity index (χ0v) is 16.6. The molecule has 1 aromatic carbocycles. The number of aryl methyl sites for hydroxylation is 1. The van der Waals surface area contributed by atoms with Gasteiger partial charge in [-0.2, -0.15) is 5.10 Å². The highest BCUT2D eigenvalue weighted by atomic mass is 16.5. The van der Waals surface area contributed by atoms with Gasteiger partial charge >= 0.3 is 0 Å². The molecule has 0 aliphatic rings. The van der Waals surface area contributed by atoms with Crippen molar-refractivity contribution in [2.75, 3.05) is 26.4 Å². The smallest absolute Gasteiger partial charge is 0.266 e. The molecule has 2 rings (SSSR count). The number of hydrogen-bond acceptors (Lipinski definition) is 6. The van der Waals surface area contributed by atoms with Crippen LogP contribution in [0.1, 0.15) is 37.6 Å². The minimum absolute atomic E-state index is 0.164. The Morgan fingerprint density at radius 3 is 2.29 bits per heavy atom. The highest BCUT2D eigenvalue weighted by molar-refractivity contribution is 5.95. The molecule has 0 unspecified atom stereocenters. The fourth-order valence-corrected chi connectivity index (χ4v) is 2.61. The van der Waals surface area contributed by atoms with Crippen molar-refractivity contribution in [3.8, 4) is 17.2 Å². The van der Waals surface area contributed by atoms with Crippen LogP contribution < -0.4 is 25.1 Å². The molecular formula is C20H27N3O5. The molecule has 1 aromatic heterocycles. The first-order valence-electron chi connectivity index (χ1n) is 9.47. The van der Waals surface area contributed by atoms with Crippen molar-refractivity contribution in [2.45, 2.75) is 33.7 Å². The summed E-state index contributed by atoms with van der Waals surface area (Å²) in [6.07, 6.45) is 2.14. The number of hydrogen-bond donors (Lipinski definition) is 1. The van der Waals surface area contributed by atoms with Crippen LogP contribution in [0, 0.1) is 0 Å². The van der Waals surface area contributed by atoms with Crippen LogP contribution in [0.25, 0.3) is 0 Å². The molecule has 0 radical (unpaired) electrons. The van der Waals surface area contributed by atoms with E-state index in [0.717, 1.165) is 0 Å². The van der Waals surface area contributed by atoms with E-state index >= 15 is 0 Å². The Bertz CT molecular complexity index is 808. The monoisotopic (exact) mass is 389 g/mol. The van der Waals surface area contributed by atoms with Crippen molar-refractivity contribution in [3.05, 3.63) is 46.4 Å². The minimum Gasteiger partial charge on any atom is -0.490 e. The quantitative estimate of drug-likeness (QED) is 0.593. The third-order valence-electron chi connectivity index (χ3n) is 3.79. The van der Waals surface area contributed by atoms with Crippen LogP contribution in [0.15, 0.2) is 35.3 Å². The summed E-state index contributed by atoms with van der Waals surface area (Å²) in [7, 11) is 0. The first kappa shape index (κ1) is 21.3. The second kappa shape index (κ2) is 11.0. The van der Waals surface area contributed by atoms with Gasteiger partial charge in [-0.25, -0.2) is 4.68 Å². The lowest BCUT2D eigenvalue weighted by molar-refractivity contribution is 0.0951. The lowest BCUT2D eigenvalue weighted by atomic mass is 10.1. The molecule has 1 heterocycles. The van der Waals surface area contributed by atoms with E-state index < -0.39 is 0 Å². The molecule has 28 heavy (non-hydrogen) atoms. The first-order valence-corrected chi connectivity index (χ1v) is 9.47. The fourth-order valence-electron chi connectivity index (χ4n) is 2.61. The SMILES string of the molecule is CCOc1cc(C(=O)NCCCn2ncccc2=O)cc(OCC)c1OCC. The van der Waals surface area contributed by atoms with E-state index in [-0.39, 0.29) is 11.5 Å². The highest BCUT2D eigenvalue weighted by Gasteiger charge is 2.18. The predicted octanol–water partition coefficient (Wildman–Crippen LogP) is 2.26. The Kier molecular flexibility index (Phi) is 8.33. The molecule has 8 nitrogen and oxygen atoms in total. The number of carbonyl (C=O) groups excluding carboxylic acids is 1. The Hall–Kier alpha value is -3.03. The fraction of sp³-hybridized carbons (Fsp3) is 0.450. The second-order valence-electron chi connectivity index (χ2n) is 5.80. The van der Waals surface area contributed by atoms with E-state index in [1.165, 1.54) is 10.7 Å². The van der Waals surface area contributed by atoms with Crippen LogP contribution in [0.3, 0.4) is 0 Å². The molecule has 0 fully saturated rings. The maximum atomic E-state index is 12.6. The Labute approximate surface area is 164 Å². The zero-order chi connectivity index (χ0) is 20.4. The number of nitrogens with one attached hydrogen (secondary N) is 1. The maximum Gasteiger partial charge on any atom is 0.266 e. The van der Waals surface area contributed by atoms with Crippen molar-refractivity contribution < 1.29 is 19.0 Å². The van der Waals surface area contributed by atoms with E-state index in [1.54, 1.807) is 24.4 Å².